The van der Waals surface area contributed by atoms with Crippen LogP contribution in [-0.2, 0) is 0 Å². The van der Waals surface area contributed by atoms with Gasteiger partial charge in [-0.2, -0.15) is 0 Å². The van der Waals surface area contributed by atoms with Crippen molar-refractivity contribution >= 4 is 45.2 Å². The Hall–Kier alpha value is 0.600. The van der Waals surface area contributed by atoms with Crippen LogP contribution < -0.4 is 0 Å². The third-order valence-electron chi connectivity index (χ3n) is 1.62. The molecule has 0 amide bonds. The molecule has 0 heterocycles. The van der Waals surface area contributed by atoms with Crippen molar-refractivity contribution in [3.63, 3.8) is 0 Å². The number of aliphatic hydroxyl groups excluding tert-OH is 2. The molecule has 0 aliphatic rings. The molecule has 3 nitrogen and oxygen atoms in total. The minimum absolute atomic E-state index is 0.184. The van der Waals surface area contributed by atoms with E-state index in [-0.39, 0.29) is 9.68 Å². The summed E-state index contributed by atoms with van der Waals surface area (Å²) in [7, 11) is 0. The summed E-state index contributed by atoms with van der Waals surface area (Å²) in [6.07, 6.45) is 4.10. The van der Waals surface area contributed by atoms with Crippen LogP contribution >= 0.6 is 45.2 Å². The molecule has 0 aromatic carbocycles. The number of alkyl halides is 2. The van der Waals surface area contributed by atoms with Crippen molar-refractivity contribution in [1.29, 1.82) is 0 Å². The highest BCUT2D eigenvalue weighted by Gasteiger charge is 2.13. The fraction of sp³-hybridized carbons (Fsp3) is 0.750. The summed E-state index contributed by atoms with van der Waals surface area (Å²) in [5.41, 5.74) is 0. The molecular weight excluding hydrogens is 398 g/mol. The lowest BCUT2D eigenvalue weighted by Crippen LogP contribution is -2.05. The Labute approximate surface area is 106 Å². The molecule has 0 saturated carbocycles. The van der Waals surface area contributed by atoms with E-state index in [4.69, 9.17) is 15.3 Å². The van der Waals surface area contributed by atoms with Crippen molar-refractivity contribution in [3.05, 3.63) is 11.7 Å². The van der Waals surface area contributed by atoms with E-state index in [1.807, 2.05) is 22.6 Å². The molecule has 78 valence electrons. The average Bonchev–Trinajstić information content (AvgIpc) is 2.10. The number of aliphatic hydroxyl groups is 3. The fourth-order valence-corrected chi connectivity index (χ4v) is 2.13. The lowest BCUT2D eigenvalue weighted by atomic mass is 10.1. The lowest BCUT2D eigenvalue weighted by molar-refractivity contribution is 0.155. The van der Waals surface area contributed by atoms with Gasteiger partial charge < -0.3 is 15.3 Å². The lowest BCUT2D eigenvalue weighted by Gasteiger charge is -2.07. The zero-order chi connectivity index (χ0) is 10.3. The van der Waals surface area contributed by atoms with E-state index in [9.17, 15) is 0 Å². The topological polar surface area (TPSA) is 60.7 Å². The van der Waals surface area contributed by atoms with Crippen molar-refractivity contribution in [2.75, 3.05) is 4.43 Å². The second kappa shape index (κ2) is 7.95. The number of hydrogen-bond acceptors (Lipinski definition) is 3. The van der Waals surface area contributed by atoms with Crippen molar-refractivity contribution < 1.29 is 15.3 Å². The Bertz CT molecular complexity index is 167. The van der Waals surface area contributed by atoms with E-state index in [2.05, 4.69) is 22.6 Å². The van der Waals surface area contributed by atoms with Gasteiger partial charge >= 0.3 is 5.95 Å². The molecule has 0 aromatic heterocycles. The number of rotatable bonds is 6. The average molecular weight is 412 g/mol. The molecule has 3 N–H and O–H groups in total. The third-order valence-corrected chi connectivity index (χ3v) is 3.59. The number of unbranched alkanes of at least 4 members (excludes halogenated alkanes) is 2. The van der Waals surface area contributed by atoms with Crippen molar-refractivity contribution in [2.45, 2.75) is 29.6 Å². The van der Waals surface area contributed by atoms with Gasteiger partial charge in [0.2, 0.25) is 0 Å². The first-order chi connectivity index (χ1) is 6.09. The maximum Gasteiger partial charge on any atom is 0.314 e. The van der Waals surface area contributed by atoms with Gasteiger partial charge in [-0.1, -0.05) is 58.0 Å². The number of halogens is 2. The predicted molar refractivity (Wildman–Crippen MR) is 70.1 cm³/mol. The van der Waals surface area contributed by atoms with E-state index in [0.717, 1.165) is 23.7 Å². The largest absolute Gasteiger partial charge is 0.505 e. The maximum absolute atomic E-state index is 9.12. The molecule has 0 bridgehead atoms. The Kier molecular flexibility index (Phi) is 8.32. The Balaban J connectivity index is 3.63. The van der Waals surface area contributed by atoms with Crippen molar-refractivity contribution in [1.82, 2.24) is 0 Å². The maximum atomic E-state index is 9.12. The van der Waals surface area contributed by atoms with Gasteiger partial charge in [0.25, 0.3) is 0 Å². The normalized spacial score (nSPS) is 12.5. The van der Waals surface area contributed by atoms with E-state index in [0.29, 0.717) is 0 Å². The van der Waals surface area contributed by atoms with E-state index in [1.54, 1.807) is 0 Å². The molecule has 0 aliphatic heterocycles. The summed E-state index contributed by atoms with van der Waals surface area (Å²) in [6, 6.07) is 0. The minimum Gasteiger partial charge on any atom is -0.505 e. The summed E-state index contributed by atoms with van der Waals surface area (Å²) < 4.78 is 0.966. The smallest absolute Gasteiger partial charge is 0.314 e. The molecule has 5 heteroatoms. The van der Waals surface area contributed by atoms with Crippen LogP contribution in [0.3, 0.4) is 0 Å². The Morgan fingerprint density at radius 3 is 2.15 bits per heavy atom. The summed E-state index contributed by atoms with van der Waals surface area (Å²) >= 11 is 4.33. The predicted octanol–water partition coefficient (Wildman–Crippen LogP) is 3.63. The number of allylic oxidation sites excluding steroid dienone is 1. The Morgan fingerprint density at radius 2 is 1.69 bits per heavy atom. The first-order valence-corrected chi connectivity index (χ1v) is 6.87. The number of hydrogen-bond donors (Lipinski definition) is 3. The van der Waals surface area contributed by atoms with E-state index < -0.39 is 5.95 Å². The fourth-order valence-electron chi connectivity index (χ4n) is 0.872. The van der Waals surface area contributed by atoms with E-state index in [1.165, 1.54) is 6.42 Å². The van der Waals surface area contributed by atoms with Gasteiger partial charge in [0.15, 0.2) is 5.76 Å². The van der Waals surface area contributed by atoms with E-state index >= 15 is 0 Å². The van der Waals surface area contributed by atoms with Gasteiger partial charge in [0, 0.05) is 0 Å². The second-order valence-electron chi connectivity index (χ2n) is 2.71. The zero-order valence-electron chi connectivity index (χ0n) is 7.21. The van der Waals surface area contributed by atoms with Crippen LogP contribution in [0.25, 0.3) is 0 Å². The van der Waals surface area contributed by atoms with Crippen LogP contribution in [0.2, 0.25) is 0 Å². The first-order valence-electron chi connectivity index (χ1n) is 4.10. The van der Waals surface area contributed by atoms with Gasteiger partial charge in [-0.25, -0.2) is 0 Å². The molecule has 0 fully saturated rings. The minimum atomic E-state index is -0.951. The molecule has 0 aliphatic carbocycles. The van der Waals surface area contributed by atoms with Crippen molar-refractivity contribution in [3.8, 4) is 0 Å². The van der Waals surface area contributed by atoms with Crippen LogP contribution in [0.5, 0.6) is 0 Å². The highest BCUT2D eigenvalue weighted by atomic mass is 127. The van der Waals surface area contributed by atoms with Crippen LogP contribution in [-0.4, -0.2) is 23.7 Å². The molecule has 1 unspecified atom stereocenters. The third kappa shape index (κ3) is 6.64. The van der Waals surface area contributed by atoms with Crippen LogP contribution in [0.1, 0.15) is 25.7 Å². The Morgan fingerprint density at radius 1 is 1.08 bits per heavy atom. The van der Waals surface area contributed by atoms with Gasteiger partial charge in [0.1, 0.15) is 0 Å². The molecule has 13 heavy (non-hydrogen) atoms. The summed E-state index contributed by atoms with van der Waals surface area (Å²) in [4.78, 5) is 0. The summed E-state index contributed by atoms with van der Waals surface area (Å²) in [6.45, 7) is 0. The zero-order valence-corrected chi connectivity index (χ0v) is 11.5. The molecular formula is C8H14I2O3. The van der Waals surface area contributed by atoms with Crippen LogP contribution in [0.4, 0.5) is 0 Å². The quantitative estimate of drug-likeness (QED) is 0.271. The molecule has 0 saturated heterocycles. The van der Waals surface area contributed by atoms with Crippen LogP contribution in [0.15, 0.2) is 11.7 Å². The molecule has 0 aromatic rings. The van der Waals surface area contributed by atoms with Crippen LogP contribution in [0, 0.1) is 0 Å². The molecule has 0 spiro atoms. The summed E-state index contributed by atoms with van der Waals surface area (Å²) in [5, 5.41) is 26.3. The highest BCUT2D eigenvalue weighted by Crippen LogP contribution is 2.19. The SMILES string of the molecule is OC(O)=C(O)C(I)CCCCCI. The van der Waals surface area contributed by atoms with Gasteiger partial charge in [-0.3, -0.25) is 0 Å². The molecule has 0 radical (unpaired) electrons. The standard InChI is InChI=1S/C8H14I2O3/c9-5-3-1-2-4-6(10)7(11)8(12)13/h6,11-13H,1-5H2. The van der Waals surface area contributed by atoms with Gasteiger partial charge in [0.05, 0.1) is 3.92 Å². The van der Waals surface area contributed by atoms with Gasteiger partial charge in [-0.05, 0) is 17.3 Å². The van der Waals surface area contributed by atoms with Gasteiger partial charge in [-0.15, -0.1) is 0 Å². The molecule has 0 rings (SSSR count). The second-order valence-corrected chi connectivity index (χ2v) is 5.30. The summed E-state index contributed by atoms with van der Waals surface area (Å²) in [5.74, 6) is -1.26. The highest BCUT2D eigenvalue weighted by molar-refractivity contribution is 14.1. The monoisotopic (exact) mass is 412 g/mol. The molecule has 1 atom stereocenters. The van der Waals surface area contributed by atoms with Crippen molar-refractivity contribution in [2.24, 2.45) is 0 Å². The first kappa shape index (κ1) is 13.6.